The van der Waals surface area contributed by atoms with Crippen LogP contribution in [0.4, 0.5) is 17.6 Å². The third-order valence-corrected chi connectivity index (χ3v) is 10.8. The summed E-state index contributed by atoms with van der Waals surface area (Å²) in [5.41, 5.74) is 1.97. The summed E-state index contributed by atoms with van der Waals surface area (Å²) in [6, 6.07) is 11.5. The summed E-state index contributed by atoms with van der Waals surface area (Å²) in [4.78, 5) is 31.0. The Kier molecular flexibility index (Phi) is 15.1. The van der Waals surface area contributed by atoms with Crippen LogP contribution < -0.4 is 9.47 Å². The summed E-state index contributed by atoms with van der Waals surface area (Å²) in [6.07, 6.45) is -4.13. The number of aromatic nitrogens is 4. The Bertz CT molecular complexity index is 1920. The molecule has 0 radical (unpaired) electrons. The van der Waals surface area contributed by atoms with E-state index in [0.29, 0.717) is 47.9 Å². The van der Waals surface area contributed by atoms with Crippen molar-refractivity contribution in [3.8, 4) is 23.6 Å². The van der Waals surface area contributed by atoms with Crippen molar-refractivity contribution in [2.24, 2.45) is 0 Å². The molecule has 0 aliphatic carbocycles. The van der Waals surface area contributed by atoms with Crippen LogP contribution in [0.2, 0.25) is 51.4 Å². The van der Waals surface area contributed by atoms with Crippen molar-refractivity contribution >= 4 is 50.8 Å². The fraction of sp³-hybridized carbons (Fsp3) is 0.471. The molecule has 0 unspecified atom stereocenters. The average molecular weight is 763 g/mol. The molecule has 18 heteroatoms. The summed E-state index contributed by atoms with van der Waals surface area (Å²) in [7, 11) is -2.48. The van der Waals surface area contributed by atoms with Crippen LogP contribution in [-0.2, 0) is 22.9 Å². The predicted octanol–water partition coefficient (Wildman–Crippen LogP) is 7.35. The second-order valence-electron chi connectivity index (χ2n) is 14.0. The van der Waals surface area contributed by atoms with Gasteiger partial charge in [0.25, 0.3) is 12.9 Å². The molecule has 0 spiro atoms. The summed E-state index contributed by atoms with van der Waals surface area (Å²) < 4.78 is 74.0. The number of alkyl halides is 4. The molecule has 0 aliphatic heterocycles. The molecule has 0 amide bonds. The van der Waals surface area contributed by atoms with Crippen molar-refractivity contribution in [3.63, 3.8) is 0 Å². The van der Waals surface area contributed by atoms with Gasteiger partial charge in [-0.1, -0.05) is 39.3 Å². The second-order valence-corrected chi connectivity index (χ2v) is 25.3. The Hall–Kier alpha value is -4.63. The van der Waals surface area contributed by atoms with Gasteiger partial charge in [0.05, 0.1) is 33.2 Å². The highest BCUT2D eigenvalue weighted by atomic mass is 28.3. The predicted molar refractivity (Wildman–Crippen MR) is 191 cm³/mol. The van der Waals surface area contributed by atoms with E-state index in [0.717, 1.165) is 12.1 Å². The van der Waals surface area contributed by atoms with Gasteiger partial charge in [0, 0.05) is 41.5 Å². The molecule has 0 N–H and O–H groups in total. The van der Waals surface area contributed by atoms with E-state index in [4.69, 9.17) is 18.9 Å². The number of imidazole rings is 2. The Morgan fingerprint density at radius 3 is 1.50 bits per heavy atom. The standard InChI is InChI=1S/2C17H21F2N3O3Si/c1-26(2,3)5-4-24-11-22-14-6-12(8-20)15(25-10-16(18)19)7-13(14)21-17(22)9-23;1-26(2,3)5-4-24-11-22-14-7-15(25-10-16(18)19)12(8-20)6-13(14)21-17(22)9-23/h2*6-7,9,16H,4-5,10-11H2,1-3H3. The zero-order chi connectivity index (χ0) is 38.6. The van der Waals surface area contributed by atoms with E-state index in [2.05, 4.69) is 49.3 Å². The van der Waals surface area contributed by atoms with Gasteiger partial charge in [0.1, 0.15) is 50.3 Å². The maximum atomic E-state index is 12.4. The first-order valence-corrected chi connectivity index (χ1v) is 23.7. The van der Waals surface area contributed by atoms with E-state index in [9.17, 15) is 37.7 Å². The monoisotopic (exact) mass is 762 g/mol. The minimum atomic E-state index is -2.66. The molecular formula is C34H42F4N6O6Si2. The van der Waals surface area contributed by atoms with E-state index in [-0.39, 0.29) is 47.7 Å². The molecule has 0 saturated heterocycles. The topological polar surface area (TPSA) is 154 Å². The van der Waals surface area contributed by atoms with E-state index in [1.807, 2.05) is 12.1 Å². The van der Waals surface area contributed by atoms with E-state index in [1.165, 1.54) is 24.3 Å². The first kappa shape index (κ1) is 41.8. The molecule has 280 valence electrons. The molecule has 12 nitrogen and oxygen atoms in total. The second kappa shape index (κ2) is 18.7. The van der Waals surface area contributed by atoms with Crippen LogP contribution in [0.25, 0.3) is 22.1 Å². The molecule has 2 aromatic heterocycles. The SMILES string of the molecule is C[Si](C)(C)CCOCn1c(C=O)nc2cc(C#N)c(OCC(F)F)cc21.C[Si](C)(C)CCOCn1c(C=O)nc2cc(OCC(F)F)c(C#N)cc21. The highest BCUT2D eigenvalue weighted by Crippen LogP contribution is 2.28. The Labute approximate surface area is 300 Å². The van der Waals surface area contributed by atoms with Crippen molar-refractivity contribution in [2.75, 3.05) is 26.4 Å². The molecule has 52 heavy (non-hydrogen) atoms. The maximum Gasteiger partial charge on any atom is 0.272 e. The molecule has 0 bridgehead atoms. The molecule has 4 aromatic rings. The van der Waals surface area contributed by atoms with Gasteiger partial charge < -0.3 is 18.9 Å². The molecule has 2 aromatic carbocycles. The smallest absolute Gasteiger partial charge is 0.272 e. The normalized spacial score (nSPS) is 11.7. The van der Waals surface area contributed by atoms with Crippen LogP contribution in [0.15, 0.2) is 24.3 Å². The largest absolute Gasteiger partial charge is 0.486 e. The van der Waals surface area contributed by atoms with Crippen LogP contribution in [0.1, 0.15) is 32.4 Å². The summed E-state index contributed by atoms with van der Waals surface area (Å²) in [5, 5.41) is 18.4. The first-order valence-electron chi connectivity index (χ1n) is 16.3. The van der Waals surface area contributed by atoms with Gasteiger partial charge in [-0.25, -0.2) is 27.5 Å². The highest BCUT2D eigenvalue weighted by molar-refractivity contribution is 6.76. The Morgan fingerprint density at radius 1 is 0.692 bits per heavy atom. The van der Waals surface area contributed by atoms with Gasteiger partial charge in [-0.3, -0.25) is 18.7 Å². The van der Waals surface area contributed by atoms with Crippen LogP contribution in [0, 0.1) is 22.7 Å². The lowest BCUT2D eigenvalue weighted by molar-refractivity contribution is 0.0813. The number of nitriles is 2. The number of nitrogens with zero attached hydrogens (tertiary/aromatic N) is 6. The fourth-order valence-electron chi connectivity index (χ4n) is 4.58. The van der Waals surface area contributed by atoms with Gasteiger partial charge in [-0.2, -0.15) is 10.5 Å². The number of aldehydes is 2. The summed E-state index contributed by atoms with van der Waals surface area (Å²) >= 11 is 0. The van der Waals surface area contributed by atoms with Crippen molar-refractivity contribution < 1.29 is 46.1 Å². The van der Waals surface area contributed by atoms with E-state index >= 15 is 0 Å². The quantitative estimate of drug-likeness (QED) is 0.0435. The van der Waals surface area contributed by atoms with Gasteiger partial charge in [-0.15, -0.1) is 0 Å². The van der Waals surface area contributed by atoms with Gasteiger partial charge in [0.15, 0.2) is 24.2 Å². The van der Waals surface area contributed by atoms with Crippen molar-refractivity contribution in [1.82, 2.24) is 19.1 Å². The number of ether oxygens (including phenoxy) is 4. The van der Waals surface area contributed by atoms with Crippen LogP contribution in [0.3, 0.4) is 0 Å². The Morgan fingerprint density at radius 2 is 1.10 bits per heavy atom. The minimum Gasteiger partial charge on any atom is -0.486 e. The molecule has 0 aliphatic rings. The average Bonchev–Trinajstić information content (AvgIpc) is 3.60. The summed E-state index contributed by atoms with van der Waals surface area (Å²) in [5.74, 6) is 0.328. The number of benzene rings is 2. The lowest BCUT2D eigenvalue weighted by atomic mass is 10.2. The first-order chi connectivity index (χ1) is 24.5. The number of halogens is 4. The Balaban J connectivity index is 0.000000280. The van der Waals surface area contributed by atoms with Crippen LogP contribution in [-0.4, -0.2) is 87.1 Å². The number of carbonyl (C=O) groups excluding carboxylic acids is 2. The number of carbonyl (C=O) groups is 2. The molecule has 2 heterocycles. The number of fused-ring (bicyclic) bond motifs is 2. The van der Waals surface area contributed by atoms with E-state index in [1.54, 1.807) is 9.13 Å². The zero-order valence-corrected chi connectivity index (χ0v) is 31.9. The minimum absolute atomic E-state index is 0.0158. The van der Waals surface area contributed by atoms with Crippen molar-refractivity contribution in [2.45, 2.75) is 77.7 Å². The third kappa shape index (κ3) is 12.3. The molecule has 0 saturated carbocycles. The van der Waals surface area contributed by atoms with E-state index < -0.39 is 42.2 Å². The molecule has 4 rings (SSSR count). The number of hydrogen-bond acceptors (Lipinski definition) is 10. The van der Waals surface area contributed by atoms with Crippen molar-refractivity contribution in [3.05, 3.63) is 47.0 Å². The fourth-order valence-corrected chi connectivity index (χ4v) is 6.09. The lowest BCUT2D eigenvalue weighted by Gasteiger charge is -2.16. The third-order valence-electron chi connectivity index (χ3n) is 7.37. The van der Waals surface area contributed by atoms with Gasteiger partial charge in [-0.05, 0) is 24.2 Å². The zero-order valence-electron chi connectivity index (χ0n) is 29.9. The maximum absolute atomic E-state index is 12.4. The van der Waals surface area contributed by atoms with Crippen LogP contribution in [0.5, 0.6) is 11.5 Å². The number of hydrogen-bond donors (Lipinski definition) is 0. The van der Waals surface area contributed by atoms with Crippen molar-refractivity contribution in [1.29, 1.82) is 10.5 Å². The van der Waals surface area contributed by atoms with Gasteiger partial charge >= 0.3 is 0 Å². The molecular weight excluding hydrogens is 721 g/mol. The molecule has 0 atom stereocenters. The van der Waals surface area contributed by atoms with Crippen LogP contribution >= 0.6 is 0 Å². The number of rotatable bonds is 18. The highest BCUT2D eigenvalue weighted by Gasteiger charge is 2.19. The lowest BCUT2D eigenvalue weighted by Crippen LogP contribution is -2.22. The summed E-state index contributed by atoms with van der Waals surface area (Å²) in [6.45, 7) is 13.1. The molecule has 0 fully saturated rings. The van der Waals surface area contributed by atoms with Gasteiger partial charge in [0.2, 0.25) is 0 Å².